The second-order valence-corrected chi connectivity index (χ2v) is 16.9. The first kappa shape index (κ1) is 49.7. The van der Waals surface area contributed by atoms with Gasteiger partial charge in [-0.3, -0.25) is 40.9 Å². The van der Waals surface area contributed by atoms with Crippen LogP contribution in [0.3, 0.4) is 0 Å². The molecule has 1 aromatic rings. The highest BCUT2D eigenvalue weighted by atomic mass is 17.3. The zero-order valence-electron chi connectivity index (χ0n) is 34.6. The zero-order valence-corrected chi connectivity index (χ0v) is 34.6. The average molecular weight is 803 g/mol. The van der Waals surface area contributed by atoms with Crippen LogP contribution >= 0.6 is 0 Å². The molecule has 0 heterocycles. The third-order valence-electron chi connectivity index (χ3n) is 6.22. The van der Waals surface area contributed by atoms with E-state index < -0.39 is 91.8 Å². The molecule has 0 aromatic heterocycles. The van der Waals surface area contributed by atoms with Crippen molar-refractivity contribution in [2.75, 3.05) is 0 Å². The van der Waals surface area contributed by atoms with Crippen LogP contribution in [0.25, 0.3) is 0 Å². The van der Waals surface area contributed by atoms with Crippen LogP contribution in [0.2, 0.25) is 0 Å². The standard InChI is InChI=1S/C36H58N4O16/c1-31(2,3)49-53-35(13,54-50-32(4,5)6)17-15-25(41)37-39-27(43)21-19-22(24(30(47)48)20-23(21)29(45)46)28(44)40-38-26(42)16-18-36(14,55-51-33(7,8)9)56-52-34(10,11)12/h19-20H,15-18H2,1-14H3,(H,37,41)(H,38,42)(H,39,43)(H,40,44)(H,45,46)(H,47,48). The molecule has 0 saturated carbocycles. The van der Waals surface area contributed by atoms with Crippen LogP contribution in [0.15, 0.2) is 12.1 Å². The number of rotatable bonds is 18. The van der Waals surface area contributed by atoms with E-state index >= 15 is 0 Å². The molecule has 20 nitrogen and oxygen atoms in total. The number of amides is 4. The number of carbonyl (C=O) groups excluding carboxylic acids is 4. The van der Waals surface area contributed by atoms with Gasteiger partial charge < -0.3 is 10.2 Å². The molecule has 20 heteroatoms. The Balaban J connectivity index is 3.13. The number of hydrogen-bond donors (Lipinski definition) is 6. The molecule has 6 N–H and O–H groups in total. The van der Waals surface area contributed by atoms with Gasteiger partial charge in [0, 0.05) is 25.7 Å². The monoisotopic (exact) mass is 802 g/mol. The smallest absolute Gasteiger partial charge is 0.336 e. The van der Waals surface area contributed by atoms with Gasteiger partial charge in [-0.1, -0.05) is 0 Å². The normalized spacial score (nSPS) is 12.8. The van der Waals surface area contributed by atoms with E-state index in [1.54, 1.807) is 83.1 Å². The minimum atomic E-state index is -1.72. The summed E-state index contributed by atoms with van der Waals surface area (Å²) in [4.78, 5) is 119. The summed E-state index contributed by atoms with van der Waals surface area (Å²) >= 11 is 0. The van der Waals surface area contributed by atoms with E-state index in [9.17, 15) is 39.0 Å². The van der Waals surface area contributed by atoms with Crippen LogP contribution < -0.4 is 21.7 Å². The zero-order chi connectivity index (χ0) is 43.5. The van der Waals surface area contributed by atoms with Crippen molar-refractivity contribution >= 4 is 35.6 Å². The van der Waals surface area contributed by atoms with Gasteiger partial charge in [-0.2, -0.15) is 19.6 Å². The summed E-state index contributed by atoms with van der Waals surface area (Å²) in [5, 5.41) is 19.6. The van der Waals surface area contributed by atoms with Gasteiger partial charge >= 0.3 is 11.9 Å². The lowest BCUT2D eigenvalue weighted by molar-refractivity contribution is -0.537. The molecule has 0 aliphatic rings. The molecule has 0 saturated heterocycles. The summed E-state index contributed by atoms with van der Waals surface area (Å²) in [5.41, 5.74) is 2.29. The fourth-order valence-corrected chi connectivity index (χ4v) is 3.57. The second kappa shape index (κ2) is 19.7. The number of nitrogens with one attached hydrogen (secondary N) is 4. The molecule has 0 aliphatic heterocycles. The maximum atomic E-state index is 13.2. The van der Waals surface area contributed by atoms with Crippen molar-refractivity contribution in [3.8, 4) is 0 Å². The van der Waals surface area contributed by atoms with Gasteiger partial charge in [0.05, 0.1) is 44.7 Å². The van der Waals surface area contributed by atoms with E-state index in [0.29, 0.717) is 12.1 Å². The molecule has 0 spiro atoms. The van der Waals surface area contributed by atoms with E-state index in [1.807, 2.05) is 10.9 Å². The third kappa shape index (κ3) is 19.5. The maximum absolute atomic E-state index is 13.2. The summed E-state index contributed by atoms with van der Waals surface area (Å²) in [6.45, 7) is 23.6. The fourth-order valence-electron chi connectivity index (χ4n) is 3.57. The number of hydrogen-bond acceptors (Lipinski definition) is 14. The molecule has 4 amide bonds. The molecule has 318 valence electrons. The molecule has 0 unspecified atom stereocenters. The van der Waals surface area contributed by atoms with Crippen LogP contribution in [0.4, 0.5) is 0 Å². The predicted molar refractivity (Wildman–Crippen MR) is 195 cm³/mol. The molecule has 1 aromatic carbocycles. The first-order valence-electron chi connectivity index (χ1n) is 17.5. The molecular weight excluding hydrogens is 744 g/mol. The maximum Gasteiger partial charge on any atom is 0.336 e. The van der Waals surface area contributed by atoms with Gasteiger partial charge in [-0.25, -0.2) is 29.1 Å². The van der Waals surface area contributed by atoms with Crippen molar-refractivity contribution in [1.82, 2.24) is 21.7 Å². The Bertz CT molecular complexity index is 1420. The summed E-state index contributed by atoms with van der Waals surface area (Å²) in [5.74, 6) is -10.6. The van der Waals surface area contributed by atoms with E-state index in [0.717, 1.165) is 0 Å². The van der Waals surface area contributed by atoms with Gasteiger partial charge in [0.15, 0.2) is 0 Å². The molecule has 0 bridgehead atoms. The van der Waals surface area contributed by atoms with Gasteiger partial charge in [-0.05, 0) is 109 Å². The fraction of sp³-hybridized carbons (Fsp3) is 0.667. The first-order chi connectivity index (χ1) is 25.2. The highest BCUT2D eigenvalue weighted by Crippen LogP contribution is 2.27. The van der Waals surface area contributed by atoms with Gasteiger partial charge in [-0.15, -0.1) is 0 Å². The molecule has 0 fully saturated rings. The SMILES string of the molecule is CC(C)(C)OOC(C)(CCC(=O)NNC(=O)c1cc(C(=O)NNC(=O)CCC(C)(OOC(C)(C)C)OOC(C)(C)C)c(C(=O)O)cc1C(=O)O)OOC(C)(C)C. The molecule has 0 aliphatic carbocycles. The number of carboxylic acids is 2. The van der Waals surface area contributed by atoms with Gasteiger partial charge in [0.25, 0.3) is 11.8 Å². The summed E-state index contributed by atoms with van der Waals surface area (Å²) in [6, 6.07) is 1.28. The second-order valence-electron chi connectivity index (χ2n) is 16.9. The first-order valence-corrected chi connectivity index (χ1v) is 17.5. The van der Waals surface area contributed by atoms with Crippen LogP contribution in [0, 0.1) is 0 Å². The highest BCUT2D eigenvalue weighted by molar-refractivity contribution is 6.12. The molecule has 1 rings (SSSR count). The van der Waals surface area contributed by atoms with Crippen molar-refractivity contribution in [1.29, 1.82) is 0 Å². The van der Waals surface area contributed by atoms with E-state index in [4.69, 9.17) is 39.1 Å². The van der Waals surface area contributed by atoms with Crippen molar-refractivity contribution in [2.24, 2.45) is 0 Å². The average Bonchev–Trinajstić information content (AvgIpc) is 3.06. The van der Waals surface area contributed by atoms with Gasteiger partial charge in [0.1, 0.15) is 0 Å². The summed E-state index contributed by atoms with van der Waals surface area (Å²) in [7, 11) is 0. The lowest BCUT2D eigenvalue weighted by Gasteiger charge is -2.32. The number of carboxylic acid groups (broad SMARTS) is 2. The lowest BCUT2D eigenvalue weighted by atomic mass is 9.97. The number of carbonyl (C=O) groups is 6. The third-order valence-corrected chi connectivity index (χ3v) is 6.22. The Hall–Kier alpha value is -4.28. The predicted octanol–water partition coefficient (Wildman–Crippen LogP) is 4.58. The Morgan fingerprint density at radius 3 is 0.911 bits per heavy atom. The number of hydrazine groups is 2. The van der Waals surface area contributed by atoms with Crippen molar-refractivity contribution in [2.45, 2.75) is 157 Å². The topological polar surface area (TPSA) is 265 Å². The van der Waals surface area contributed by atoms with Crippen LogP contribution in [-0.2, 0) is 48.7 Å². The number of benzene rings is 1. The molecule has 0 atom stereocenters. The van der Waals surface area contributed by atoms with Crippen LogP contribution in [0.1, 0.15) is 164 Å². The minimum absolute atomic E-state index is 0.154. The van der Waals surface area contributed by atoms with E-state index in [1.165, 1.54) is 13.8 Å². The number of aromatic carboxylic acids is 2. The van der Waals surface area contributed by atoms with Crippen LogP contribution in [0.5, 0.6) is 0 Å². The molecule has 0 radical (unpaired) electrons. The summed E-state index contributed by atoms with van der Waals surface area (Å²) in [6.07, 6.45) is -0.975. The van der Waals surface area contributed by atoms with E-state index in [-0.39, 0.29) is 25.7 Å². The van der Waals surface area contributed by atoms with Gasteiger partial charge in [0.2, 0.25) is 23.4 Å². The minimum Gasteiger partial charge on any atom is -0.478 e. The largest absolute Gasteiger partial charge is 0.478 e. The Morgan fingerprint density at radius 1 is 0.429 bits per heavy atom. The lowest BCUT2D eigenvalue weighted by Crippen LogP contribution is -2.45. The van der Waals surface area contributed by atoms with Crippen molar-refractivity contribution < 1.29 is 78.1 Å². The summed E-state index contributed by atoms with van der Waals surface area (Å²) < 4.78 is 0. The molecular formula is C36H58N4O16. The quantitative estimate of drug-likeness (QED) is 0.0674. The Labute approximate surface area is 326 Å². The van der Waals surface area contributed by atoms with Crippen molar-refractivity contribution in [3.05, 3.63) is 34.4 Å². The Morgan fingerprint density at radius 2 is 0.679 bits per heavy atom. The Kier molecular flexibility index (Phi) is 17.5. The van der Waals surface area contributed by atoms with Crippen LogP contribution in [-0.4, -0.2) is 79.8 Å². The van der Waals surface area contributed by atoms with E-state index in [2.05, 4.69) is 10.9 Å². The highest BCUT2D eigenvalue weighted by Gasteiger charge is 2.36. The molecule has 56 heavy (non-hydrogen) atoms. The van der Waals surface area contributed by atoms with Crippen molar-refractivity contribution in [3.63, 3.8) is 0 Å².